The fourth-order valence-electron chi connectivity index (χ4n) is 2.70. The van der Waals surface area contributed by atoms with Crippen LogP contribution in [-0.4, -0.2) is 47.6 Å². The van der Waals surface area contributed by atoms with Gasteiger partial charge in [-0.3, -0.25) is 0 Å². The highest BCUT2D eigenvalue weighted by Crippen LogP contribution is 2.23. The van der Waals surface area contributed by atoms with Crippen LogP contribution >= 0.6 is 0 Å². The van der Waals surface area contributed by atoms with E-state index in [1.807, 2.05) is 18.5 Å². The number of anilines is 1. The molecule has 1 saturated heterocycles. The minimum atomic E-state index is 0.556. The Morgan fingerprint density at radius 3 is 2.71 bits per heavy atom. The predicted molar refractivity (Wildman–Crippen MR) is 70.1 cm³/mol. The molecule has 1 aromatic heterocycles. The fourth-order valence-corrected chi connectivity index (χ4v) is 2.70. The average Bonchev–Trinajstić information content (AvgIpc) is 2.39. The number of aromatic nitrogens is 2. The van der Waals surface area contributed by atoms with E-state index in [4.69, 9.17) is 0 Å². The summed E-state index contributed by atoms with van der Waals surface area (Å²) in [5.74, 6) is 1.51. The van der Waals surface area contributed by atoms with Gasteiger partial charge in [0.15, 0.2) is 0 Å². The number of likely N-dealkylation sites (tertiary alicyclic amines) is 1. The van der Waals surface area contributed by atoms with Gasteiger partial charge in [-0.2, -0.15) is 0 Å². The largest absolute Gasteiger partial charge is 0.341 e. The van der Waals surface area contributed by atoms with Gasteiger partial charge in [0.05, 0.1) is 0 Å². The lowest BCUT2D eigenvalue weighted by molar-refractivity contribution is 0.168. The van der Waals surface area contributed by atoms with Gasteiger partial charge in [0.2, 0.25) is 5.95 Å². The lowest BCUT2D eigenvalue weighted by Crippen LogP contribution is -2.49. The summed E-state index contributed by atoms with van der Waals surface area (Å²) in [6, 6.07) is 2.42. The normalized spacial score (nSPS) is 25.8. The van der Waals surface area contributed by atoms with Crippen LogP contribution in [0.2, 0.25) is 0 Å². The Balaban J connectivity index is 2.03. The highest BCUT2D eigenvalue weighted by atomic mass is 15.3. The van der Waals surface area contributed by atoms with Crippen LogP contribution in [0, 0.1) is 5.92 Å². The molecule has 2 rings (SSSR count). The molecule has 2 heterocycles. The number of nitrogens with zero attached hydrogens (tertiary/aromatic N) is 4. The third-order valence-corrected chi connectivity index (χ3v) is 3.76. The Morgan fingerprint density at radius 2 is 2.12 bits per heavy atom. The van der Waals surface area contributed by atoms with Crippen molar-refractivity contribution in [2.24, 2.45) is 5.92 Å². The molecule has 1 aromatic rings. The van der Waals surface area contributed by atoms with Crippen molar-refractivity contribution >= 4 is 5.95 Å². The third kappa shape index (κ3) is 2.75. The highest BCUT2D eigenvalue weighted by molar-refractivity contribution is 5.29. The monoisotopic (exact) mass is 234 g/mol. The van der Waals surface area contributed by atoms with E-state index in [-0.39, 0.29) is 0 Å². The smallest absolute Gasteiger partial charge is 0.225 e. The molecule has 0 unspecified atom stereocenters. The average molecular weight is 234 g/mol. The Kier molecular flexibility index (Phi) is 3.94. The predicted octanol–water partition coefficient (Wildman–Crippen LogP) is 1.64. The first-order chi connectivity index (χ1) is 8.22. The summed E-state index contributed by atoms with van der Waals surface area (Å²) < 4.78 is 0. The topological polar surface area (TPSA) is 32.3 Å². The van der Waals surface area contributed by atoms with E-state index >= 15 is 0 Å². The van der Waals surface area contributed by atoms with E-state index < -0.39 is 0 Å². The van der Waals surface area contributed by atoms with Gasteiger partial charge in [-0.1, -0.05) is 13.8 Å². The van der Waals surface area contributed by atoms with Crippen LogP contribution in [0.25, 0.3) is 0 Å². The molecule has 2 atom stereocenters. The van der Waals surface area contributed by atoms with E-state index in [0.29, 0.717) is 12.0 Å². The molecule has 0 radical (unpaired) electrons. The number of hydrogen-bond acceptors (Lipinski definition) is 4. The second-order valence-electron chi connectivity index (χ2n) is 4.89. The molecule has 4 heteroatoms. The zero-order valence-electron chi connectivity index (χ0n) is 11.0. The molecule has 1 fully saturated rings. The number of piperidine rings is 1. The van der Waals surface area contributed by atoms with Crippen molar-refractivity contribution in [3.8, 4) is 0 Å². The van der Waals surface area contributed by atoms with Crippen LogP contribution < -0.4 is 4.90 Å². The summed E-state index contributed by atoms with van der Waals surface area (Å²) in [7, 11) is 2.11. The van der Waals surface area contributed by atoms with E-state index in [2.05, 4.69) is 40.7 Å². The lowest BCUT2D eigenvalue weighted by Gasteiger charge is -2.40. The van der Waals surface area contributed by atoms with Gasteiger partial charge in [-0.05, 0) is 24.9 Å². The van der Waals surface area contributed by atoms with Crippen LogP contribution in [0.5, 0.6) is 0 Å². The lowest BCUT2D eigenvalue weighted by atomic mass is 9.93. The molecular formula is C13H22N4. The van der Waals surface area contributed by atoms with Gasteiger partial charge in [0, 0.05) is 38.6 Å². The van der Waals surface area contributed by atoms with E-state index in [0.717, 1.165) is 12.5 Å². The maximum atomic E-state index is 4.33. The van der Waals surface area contributed by atoms with Crippen LogP contribution in [-0.2, 0) is 0 Å². The van der Waals surface area contributed by atoms with Crippen LogP contribution in [0.3, 0.4) is 0 Å². The minimum Gasteiger partial charge on any atom is -0.341 e. The summed E-state index contributed by atoms with van der Waals surface area (Å²) in [6.07, 6.45) is 4.82. The third-order valence-electron chi connectivity index (χ3n) is 3.76. The first kappa shape index (κ1) is 12.3. The SMILES string of the molecule is CCN1CC[C@@H](N(C)c2ncccn2)[C@@H](C)C1. The van der Waals surface area contributed by atoms with Gasteiger partial charge in [-0.25, -0.2) is 9.97 Å². The molecule has 0 saturated carbocycles. The Morgan fingerprint density at radius 1 is 1.41 bits per heavy atom. The van der Waals surface area contributed by atoms with E-state index in [1.165, 1.54) is 19.5 Å². The highest BCUT2D eigenvalue weighted by Gasteiger charge is 2.29. The van der Waals surface area contributed by atoms with Gasteiger partial charge in [0.25, 0.3) is 0 Å². The first-order valence-corrected chi connectivity index (χ1v) is 6.44. The Labute approximate surface area is 104 Å². The fraction of sp³-hybridized carbons (Fsp3) is 0.692. The summed E-state index contributed by atoms with van der Waals surface area (Å²) in [4.78, 5) is 13.4. The molecule has 0 N–H and O–H groups in total. The zero-order chi connectivity index (χ0) is 12.3. The summed E-state index contributed by atoms with van der Waals surface area (Å²) in [5, 5.41) is 0. The quantitative estimate of drug-likeness (QED) is 0.796. The van der Waals surface area contributed by atoms with Crippen molar-refractivity contribution in [3.63, 3.8) is 0 Å². The summed E-state index contributed by atoms with van der Waals surface area (Å²) >= 11 is 0. The second-order valence-corrected chi connectivity index (χ2v) is 4.89. The van der Waals surface area contributed by atoms with Crippen molar-refractivity contribution in [1.82, 2.24) is 14.9 Å². The van der Waals surface area contributed by atoms with Crippen LogP contribution in [0.15, 0.2) is 18.5 Å². The minimum absolute atomic E-state index is 0.556. The van der Waals surface area contributed by atoms with E-state index in [9.17, 15) is 0 Å². The van der Waals surface area contributed by atoms with Gasteiger partial charge >= 0.3 is 0 Å². The summed E-state index contributed by atoms with van der Waals surface area (Å²) in [6.45, 7) is 8.08. The second kappa shape index (κ2) is 5.45. The molecule has 17 heavy (non-hydrogen) atoms. The molecule has 0 bridgehead atoms. The van der Waals surface area contributed by atoms with Crippen LogP contribution in [0.1, 0.15) is 20.3 Å². The molecule has 0 aromatic carbocycles. The number of hydrogen-bond donors (Lipinski definition) is 0. The molecule has 4 nitrogen and oxygen atoms in total. The molecule has 0 amide bonds. The van der Waals surface area contributed by atoms with Crippen molar-refractivity contribution in [2.45, 2.75) is 26.3 Å². The van der Waals surface area contributed by atoms with Gasteiger partial charge in [0.1, 0.15) is 0 Å². The maximum Gasteiger partial charge on any atom is 0.225 e. The first-order valence-electron chi connectivity index (χ1n) is 6.44. The van der Waals surface area contributed by atoms with Crippen molar-refractivity contribution in [3.05, 3.63) is 18.5 Å². The Bertz CT molecular complexity index is 341. The van der Waals surface area contributed by atoms with Crippen LogP contribution in [0.4, 0.5) is 5.95 Å². The molecule has 1 aliphatic heterocycles. The summed E-state index contributed by atoms with van der Waals surface area (Å²) in [5.41, 5.74) is 0. The number of rotatable bonds is 3. The maximum absolute atomic E-state index is 4.33. The van der Waals surface area contributed by atoms with Crippen molar-refractivity contribution in [2.75, 3.05) is 31.6 Å². The van der Waals surface area contributed by atoms with Crippen molar-refractivity contribution < 1.29 is 0 Å². The zero-order valence-corrected chi connectivity index (χ0v) is 11.0. The molecular weight excluding hydrogens is 212 g/mol. The van der Waals surface area contributed by atoms with Gasteiger partial charge < -0.3 is 9.80 Å². The molecule has 1 aliphatic rings. The molecule has 0 aliphatic carbocycles. The molecule has 0 spiro atoms. The van der Waals surface area contributed by atoms with Gasteiger partial charge in [-0.15, -0.1) is 0 Å². The molecule has 94 valence electrons. The Hall–Kier alpha value is -1.16. The van der Waals surface area contributed by atoms with E-state index in [1.54, 1.807) is 0 Å². The van der Waals surface area contributed by atoms with Crippen molar-refractivity contribution in [1.29, 1.82) is 0 Å². The standard InChI is InChI=1S/C13H22N4/c1-4-17-9-6-12(11(2)10-17)16(3)13-14-7-5-8-15-13/h5,7-8,11-12H,4,6,9-10H2,1-3H3/t11-,12+/m0/s1.